The Morgan fingerprint density at radius 2 is 2.00 bits per heavy atom. The van der Waals surface area contributed by atoms with Crippen molar-refractivity contribution < 1.29 is 13.2 Å². The number of nitrogens with two attached hydrogens (primary N) is 1. The van der Waals surface area contributed by atoms with Crippen molar-refractivity contribution >= 4 is 27.3 Å². The van der Waals surface area contributed by atoms with E-state index in [-0.39, 0.29) is 5.91 Å². The fourth-order valence-corrected chi connectivity index (χ4v) is 2.72. The number of carbonyl (C=O) groups is 1. The number of nitrogens with one attached hydrogen (secondary N) is 2. The van der Waals surface area contributed by atoms with Crippen molar-refractivity contribution in [2.24, 2.45) is 5.73 Å². The zero-order valence-electron chi connectivity index (χ0n) is 11.6. The van der Waals surface area contributed by atoms with Crippen LogP contribution in [0.3, 0.4) is 0 Å². The summed E-state index contributed by atoms with van der Waals surface area (Å²) in [7, 11) is -3.31. The number of rotatable bonds is 4. The van der Waals surface area contributed by atoms with Crippen LogP contribution in [0.2, 0.25) is 0 Å². The molecule has 4 N–H and O–H groups in total. The largest absolute Gasteiger partial charge is 0.324 e. The predicted molar refractivity (Wildman–Crippen MR) is 79.0 cm³/mol. The number of aryl methyl sites for hydroxylation is 1. The monoisotopic (exact) mass is 297 g/mol. The normalized spacial score (nSPS) is 17.1. The number of anilines is 2. The van der Waals surface area contributed by atoms with E-state index in [1.165, 1.54) is 0 Å². The number of carbonyl (C=O) groups excluding carboxylic acids is 1. The summed E-state index contributed by atoms with van der Waals surface area (Å²) in [4.78, 5) is 12.0. The molecule has 1 aliphatic rings. The Labute approximate surface area is 118 Å². The van der Waals surface area contributed by atoms with Crippen LogP contribution in [0, 0.1) is 6.92 Å². The highest BCUT2D eigenvalue weighted by Gasteiger charge is 2.40. The van der Waals surface area contributed by atoms with Gasteiger partial charge in [0.25, 0.3) is 0 Å². The molecule has 7 heteroatoms. The lowest BCUT2D eigenvalue weighted by Gasteiger charge is -2.36. The van der Waals surface area contributed by atoms with Gasteiger partial charge in [-0.2, -0.15) is 0 Å². The van der Waals surface area contributed by atoms with Gasteiger partial charge < -0.3 is 11.1 Å². The Hall–Kier alpha value is -1.60. The van der Waals surface area contributed by atoms with Gasteiger partial charge in [-0.15, -0.1) is 0 Å². The van der Waals surface area contributed by atoms with Crippen molar-refractivity contribution in [3.8, 4) is 0 Å². The average molecular weight is 297 g/mol. The highest BCUT2D eigenvalue weighted by Crippen LogP contribution is 2.30. The molecule has 20 heavy (non-hydrogen) atoms. The van der Waals surface area contributed by atoms with Crippen LogP contribution in [-0.4, -0.2) is 26.1 Å². The number of hydrogen-bond acceptors (Lipinski definition) is 4. The number of benzene rings is 1. The molecule has 6 nitrogen and oxygen atoms in total. The summed E-state index contributed by atoms with van der Waals surface area (Å²) in [6.07, 6.45) is 3.47. The highest BCUT2D eigenvalue weighted by atomic mass is 32.2. The second-order valence-corrected chi connectivity index (χ2v) is 7.12. The minimum absolute atomic E-state index is 0.188. The summed E-state index contributed by atoms with van der Waals surface area (Å²) in [5, 5.41) is 2.77. The quantitative estimate of drug-likeness (QED) is 0.777. The summed E-state index contributed by atoms with van der Waals surface area (Å²) >= 11 is 0. The van der Waals surface area contributed by atoms with Gasteiger partial charge in [-0.05, 0) is 49.9 Å². The number of hydrogen-bond donors (Lipinski definition) is 3. The molecule has 1 aromatic carbocycles. The SMILES string of the molecule is Cc1cc(NC(=O)C2(N)CCC2)ccc1NS(C)(=O)=O. The third-order valence-electron chi connectivity index (χ3n) is 3.48. The summed E-state index contributed by atoms with van der Waals surface area (Å²) in [6, 6.07) is 4.99. The van der Waals surface area contributed by atoms with Crippen molar-refractivity contribution in [2.75, 3.05) is 16.3 Å². The summed E-state index contributed by atoms with van der Waals surface area (Å²) in [5.74, 6) is -0.188. The molecule has 0 aromatic heterocycles. The summed E-state index contributed by atoms with van der Waals surface area (Å²) in [6.45, 7) is 1.77. The van der Waals surface area contributed by atoms with Gasteiger partial charge in [0.05, 0.1) is 17.5 Å². The Morgan fingerprint density at radius 3 is 2.45 bits per heavy atom. The van der Waals surface area contributed by atoms with Crippen LogP contribution >= 0.6 is 0 Å². The van der Waals surface area contributed by atoms with E-state index in [2.05, 4.69) is 10.0 Å². The molecule has 0 bridgehead atoms. The highest BCUT2D eigenvalue weighted by molar-refractivity contribution is 7.92. The lowest BCUT2D eigenvalue weighted by Crippen LogP contribution is -2.56. The van der Waals surface area contributed by atoms with E-state index in [1.807, 2.05) is 0 Å². The molecule has 0 aliphatic heterocycles. The Bertz CT molecular complexity index is 636. The smallest absolute Gasteiger partial charge is 0.244 e. The maximum atomic E-state index is 12.0. The van der Waals surface area contributed by atoms with Crippen LogP contribution < -0.4 is 15.8 Å². The Balaban J connectivity index is 2.11. The van der Waals surface area contributed by atoms with Crippen LogP contribution in [0.4, 0.5) is 11.4 Å². The molecule has 0 atom stereocenters. The zero-order chi connectivity index (χ0) is 15.0. The molecule has 1 aliphatic carbocycles. The molecule has 1 fully saturated rings. The van der Waals surface area contributed by atoms with Crippen LogP contribution in [0.25, 0.3) is 0 Å². The van der Waals surface area contributed by atoms with Crippen LogP contribution in [0.5, 0.6) is 0 Å². The van der Waals surface area contributed by atoms with Gasteiger partial charge in [-0.1, -0.05) is 0 Å². The first-order chi connectivity index (χ1) is 9.20. The van der Waals surface area contributed by atoms with E-state index in [0.29, 0.717) is 24.2 Å². The first kappa shape index (κ1) is 14.8. The Morgan fingerprint density at radius 1 is 1.35 bits per heavy atom. The second-order valence-electron chi connectivity index (χ2n) is 5.37. The molecular formula is C13H19N3O3S. The molecule has 1 saturated carbocycles. The molecule has 0 saturated heterocycles. The maximum Gasteiger partial charge on any atom is 0.244 e. The van der Waals surface area contributed by atoms with Crippen LogP contribution in [0.15, 0.2) is 18.2 Å². The predicted octanol–water partition coefficient (Wildman–Crippen LogP) is 1.19. The van der Waals surface area contributed by atoms with E-state index in [4.69, 9.17) is 5.73 Å². The number of amides is 1. The first-order valence-electron chi connectivity index (χ1n) is 6.38. The van der Waals surface area contributed by atoms with Crippen molar-refractivity contribution in [1.29, 1.82) is 0 Å². The molecule has 0 heterocycles. The van der Waals surface area contributed by atoms with Gasteiger partial charge in [0.1, 0.15) is 0 Å². The molecular weight excluding hydrogens is 278 g/mol. The molecule has 2 rings (SSSR count). The summed E-state index contributed by atoms with van der Waals surface area (Å²) < 4.78 is 24.8. The van der Waals surface area contributed by atoms with Gasteiger partial charge in [-0.3, -0.25) is 9.52 Å². The maximum absolute atomic E-state index is 12.0. The van der Waals surface area contributed by atoms with E-state index >= 15 is 0 Å². The van der Waals surface area contributed by atoms with Crippen molar-refractivity contribution in [1.82, 2.24) is 0 Å². The standard InChI is InChI=1S/C13H19N3O3S/c1-9-8-10(4-5-11(9)16-20(2,18)19)15-12(17)13(14)6-3-7-13/h4-5,8,16H,3,6-7,14H2,1-2H3,(H,15,17). The van der Waals surface area contributed by atoms with Gasteiger partial charge in [-0.25, -0.2) is 8.42 Å². The first-order valence-corrected chi connectivity index (χ1v) is 8.28. The average Bonchev–Trinajstić information content (AvgIpc) is 2.28. The van der Waals surface area contributed by atoms with E-state index in [9.17, 15) is 13.2 Å². The molecule has 0 spiro atoms. The molecule has 0 unspecified atom stereocenters. The van der Waals surface area contributed by atoms with E-state index in [0.717, 1.165) is 18.2 Å². The third kappa shape index (κ3) is 3.29. The molecule has 1 amide bonds. The minimum Gasteiger partial charge on any atom is -0.324 e. The molecule has 0 radical (unpaired) electrons. The fraction of sp³-hybridized carbons (Fsp3) is 0.462. The fourth-order valence-electron chi connectivity index (χ4n) is 2.10. The van der Waals surface area contributed by atoms with Crippen LogP contribution in [0.1, 0.15) is 24.8 Å². The van der Waals surface area contributed by atoms with Crippen molar-refractivity contribution in [3.05, 3.63) is 23.8 Å². The van der Waals surface area contributed by atoms with Gasteiger partial charge in [0, 0.05) is 5.69 Å². The minimum atomic E-state index is -3.31. The van der Waals surface area contributed by atoms with Crippen LogP contribution in [-0.2, 0) is 14.8 Å². The third-order valence-corrected chi connectivity index (χ3v) is 4.07. The topological polar surface area (TPSA) is 101 Å². The number of sulfonamides is 1. The summed E-state index contributed by atoms with van der Waals surface area (Å²) in [5.41, 5.74) is 7.03. The van der Waals surface area contributed by atoms with E-state index in [1.54, 1.807) is 25.1 Å². The van der Waals surface area contributed by atoms with Crippen molar-refractivity contribution in [2.45, 2.75) is 31.7 Å². The Kier molecular flexibility index (Phi) is 3.75. The van der Waals surface area contributed by atoms with Gasteiger partial charge in [0.2, 0.25) is 15.9 Å². The van der Waals surface area contributed by atoms with Crippen molar-refractivity contribution in [3.63, 3.8) is 0 Å². The molecule has 110 valence electrons. The van der Waals surface area contributed by atoms with E-state index < -0.39 is 15.6 Å². The lowest BCUT2D eigenvalue weighted by atomic mass is 9.77. The van der Waals surface area contributed by atoms with Gasteiger partial charge >= 0.3 is 0 Å². The zero-order valence-corrected chi connectivity index (χ0v) is 12.4. The lowest BCUT2D eigenvalue weighted by molar-refractivity contribution is -0.123. The van der Waals surface area contributed by atoms with Gasteiger partial charge in [0.15, 0.2) is 0 Å². The second kappa shape index (κ2) is 5.06. The molecule has 1 aromatic rings.